The summed E-state index contributed by atoms with van der Waals surface area (Å²) in [6, 6.07) is 0.237. The summed E-state index contributed by atoms with van der Waals surface area (Å²) in [4.78, 5) is 16.3. The number of carbonyl (C=O) groups excluding carboxylic acids is 1. The Bertz CT molecular complexity index is 384. The van der Waals surface area contributed by atoms with E-state index in [0.29, 0.717) is 11.6 Å². The molecule has 1 aromatic rings. The van der Waals surface area contributed by atoms with Crippen molar-refractivity contribution in [1.82, 2.24) is 10.3 Å². The lowest BCUT2D eigenvalue weighted by atomic mass is 10.1. The van der Waals surface area contributed by atoms with Gasteiger partial charge in [-0.3, -0.25) is 4.79 Å². The quantitative estimate of drug-likeness (QED) is 0.899. The SMILES string of the molecule is CC(C)c1nc(C(=O)NC2CCOCC2)cs1. The van der Waals surface area contributed by atoms with Gasteiger partial charge in [0, 0.05) is 30.6 Å². The highest BCUT2D eigenvalue weighted by Gasteiger charge is 2.19. The van der Waals surface area contributed by atoms with Gasteiger partial charge in [0.15, 0.2) is 0 Å². The molecule has 0 atom stereocenters. The molecule has 0 unspecified atom stereocenters. The van der Waals surface area contributed by atoms with Crippen LogP contribution in [0.15, 0.2) is 5.38 Å². The van der Waals surface area contributed by atoms with E-state index in [2.05, 4.69) is 24.1 Å². The maximum Gasteiger partial charge on any atom is 0.270 e. The van der Waals surface area contributed by atoms with Gasteiger partial charge < -0.3 is 10.1 Å². The zero-order valence-electron chi connectivity index (χ0n) is 10.2. The molecule has 1 amide bonds. The van der Waals surface area contributed by atoms with Crippen molar-refractivity contribution in [3.05, 3.63) is 16.1 Å². The molecule has 0 bridgehead atoms. The molecular weight excluding hydrogens is 236 g/mol. The van der Waals surface area contributed by atoms with Gasteiger partial charge in [0.1, 0.15) is 5.69 Å². The van der Waals surface area contributed by atoms with Crippen LogP contribution >= 0.6 is 11.3 Å². The van der Waals surface area contributed by atoms with E-state index < -0.39 is 0 Å². The van der Waals surface area contributed by atoms with Crippen molar-refractivity contribution in [2.24, 2.45) is 0 Å². The number of thiazole rings is 1. The zero-order valence-corrected chi connectivity index (χ0v) is 11.0. The second kappa shape index (κ2) is 5.60. The first-order valence-corrected chi connectivity index (χ1v) is 6.89. The van der Waals surface area contributed by atoms with Gasteiger partial charge in [0.2, 0.25) is 0 Å². The van der Waals surface area contributed by atoms with Crippen LogP contribution in [0.4, 0.5) is 0 Å². The van der Waals surface area contributed by atoms with Crippen LogP contribution in [0.25, 0.3) is 0 Å². The fraction of sp³-hybridized carbons (Fsp3) is 0.667. The van der Waals surface area contributed by atoms with Crippen molar-refractivity contribution in [3.8, 4) is 0 Å². The number of ether oxygens (including phenoxy) is 1. The van der Waals surface area contributed by atoms with Gasteiger partial charge in [0.05, 0.1) is 5.01 Å². The van der Waals surface area contributed by atoms with E-state index in [-0.39, 0.29) is 11.9 Å². The van der Waals surface area contributed by atoms with E-state index in [1.54, 1.807) is 11.3 Å². The summed E-state index contributed by atoms with van der Waals surface area (Å²) >= 11 is 1.55. The van der Waals surface area contributed by atoms with Crippen LogP contribution in [-0.2, 0) is 4.74 Å². The highest BCUT2D eigenvalue weighted by molar-refractivity contribution is 7.09. The smallest absolute Gasteiger partial charge is 0.270 e. The van der Waals surface area contributed by atoms with E-state index >= 15 is 0 Å². The van der Waals surface area contributed by atoms with Gasteiger partial charge in [0.25, 0.3) is 5.91 Å². The van der Waals surface area contributed by atoms with Gasteiger partial charge >= 0.3 is 0 Å². The Labute approximate surface area is 105 Å². The molecule has 1 aliphatic heterocycles. The summed E-state index contributed by atoms with van der Waals surface area (Å²) < 4.78 is 5.26. The summed E-state index contributed by atoms with van der Waals surface area (Å²) in [5, 5.41) is 5.87. The normalized spacial score (nSPS) is 17.4. The minimum atomic E-state index is -0.0555. The molecule has 17 heavy (non-hydrogen) atoms. The van der Waals surface area contributed by atoms with E-state index in [4.69, 9.17) is 4.74 Å². The van der Waals surface area contributed by atoms with Crippen molar-refractivity contribution >= 4 is 17.2 Å². The Hall–Kier alpha value is -0.940. The van der Waals surface area contributed by atoms with Gasteiger partial charge in [-0.05, 0) is 12.8 Å². The molecule has 2 rings (SSSR count). The van der Waals surface area contributed by atoms with E-state index in [1.807, 2.05) is 5.38 Å². The first-order valence-electron chi connectivity index (χ1n) is 6.01. The lowest BCUT2D eigenvalue weighted by Crippen LogP contribution is -2.39. The Kier molecular flexibility index (Phi) is 4.12. The number of aromatic nitrogens is 1. The maximum absolute atomic E-state index is 11.9. The number of amides is 1. The number of rotatable bonds is 3. The van der Waals surface area contributed by atoms with Crippen molar-refractivity contribution in [1.29, 1.82) is 0 Å². The number of nitrogens with zero attached hydrogens (tertiary/aromatic N) is 1. The molecule has 0 aliphatic carbocycles. The lowest BCUT2D eigenvalue weighted by molar-refractivity contribution is 0.0694. The van der Waals surface area contributed by atoms with Crippen LogP contribution in [0.2, 0.25) is 0 Å². The van der Waals surface area contributed by atoms with E-state index in [0.717, 1.165) is 31.1 Å². The Morgan fingerprint density at radius 1 is 1.53 bits per heavy atom. The van der Waals surface area contributed by atoms with Crippen LogP contribution in [0.1, 0.15) is 48.1 Å². The van der Waals surface area contributed by atoms with Crippen LogP contribution in [0.5, 0.6) is 0 Å². The molecule has 0 aromatic carbocycles. The summed E-state index contributed by atoms with van der Waals surface area (Å²) in [6.45, 7) is 5.64. The van der Waals surface area contributed by atoms with Crippen molar-refractivity contribution < 1.29 is 9.53 Å². The Morgan fingerprint density at radius 3 is 2.82 bits per heavy atom. The Morgan fingerprint density at radius 2 is 2.24 bits per heavy atom. The van der Waals surface area contributed by atoms with Gasteiger partial charge in [-0.1, -0.05) is 13.8 Å². The molecule has 1 aliphatic rings. The minimum absolute atomic E-state index is 0.0555. The fourth-order valence-electron chi connectivity index (χ4n) is 1.76. The molecule has 0 spiro atoms. The molecule has 1 N–H and O–H groups in total. The molecule has 5 heteroatoms. The van der Waals surface area contributed by atoms with Gasteiger partial charge in [-0.2, -0.15) is 0 Å². The van der Waals surface area contributed by atoms with Crippen molar-refractivity contribution in [3.63, 3.8) is 0 Å². The number of carbonyl (C=O) groups is 1. The largest absolute Gasteiger partial charge is 0.381 e. The molecule has 4 nitrogen and oxygen atoms in total. The predicted octanol–water partition coefficient (Wildman–Crippen LogP) is 2.18. The topological polar surface area (TPSA) is 51.2 Å². The molecule has 0 saturated carbocycles. The van der Waals surface area contributed by atoms with Crippen LogP contribution in [-0.4, -0.2) is 30.1 Å². The highest BCUT2D eigenvalue weighted by atomic mass is 32.1. The molecular formula is C12H18N2O2S. The van der Waals surface area contributed by atoms with Gasteiger partial charge in [-0.25, -0.2) is 4.98 Å². The van der Waals surface area contributed by atoms with Crippen LogP contribution in [0.3, 0.4) is 0 Å². The van der Waals surface area contributed by atoms with Crippen molar-refractivity contribution in [2.45, 2.75) is 38.6 Å². The highest BCUT2D eigenvalue weighted by Crippen LogP contribution is 2.19. The second-order valence-electron chi connectivity index (χ2n) is 4.59. The summed E-state index contributed by atoms with van der Waals surface area (Å²) in [5.41, 5.74) is 0.546. The summed E-state index contributed by atoms with van der Waals surface area (Å²) in [5.74, 6) is 0.324. The number of nitrogens with one attached hydrogen (secondary N) is 1. The van der Waals surface area contributed by atoms with Crippen LogP contribution in [0, 0.1) is 0 Å². The standard InChI is InChI=1S/C12H18N2O2S/c1-8(2)12-14-10(7-17-12)11(15)13-9-3-5-16-6-4-9/h7-9H,3-6H2,1-2H3,(H,13,15). The fourth-order valence-corrected chi connectivity index (χ4v) is 2.57. The third-order valence-corrected chi connectivity index (χ3v) is 3.95. The maximum atomic E-state index is 11.9. The second-order valence-corrected chi connectivity index (χ2v) is 5.48. The number of hydrogen-bond donors (Lipinski definition) is 1. The average Bonchev–Trinajstić information content (AvgIpc) is 2.79. The summed E-state index contributed by atoms with van der Waals surface area (Å²) in [7, 11) is 0. The molecule has 1 aromatic heterocycles. The molecule has 0 radical (unpaired) electrons. The van der Waals surface area contributed by atoms with Crippen LogP contribution < -0.4 is 5.32 Å². The third-order valence-electron chi connectivity index (χ3n) is 2.81. The molecule has 1 fully saturated rings. The summed E-state index contributed by atoms with van der Waals surface area (Å²) in [6.07, 6.45) is 1.79. The predicted molar refractivity (Wildman–Crippen MR) is 67.5 cm³/mol. The third kappa shape index (κ3) is 3.26. The zero-order chi connectivity index (χ0) is 12.3. The van der Waals surface area contributed by atoms with E-state index in [1.165, 1.54) is 0 Å². The van der Waals surface area contributed by atoms with Gasteiger partial charge in [-0.15, -0.1) is 11.3 Å². The average molecular weight is 254 g/mol. The molecule has 1 saturated heterocycles. The molecule has 2 heterocycles. The number of hydrogen-bond acceptors (Lipinski definition) is 4. The minimum Gasteiger partial charge on any atom is -0.381 e. The first kappa shape index (κ1) is 12.5. The monoisotopic (exact) mass is 254 g/mol. The lowest BCUT2D eigenvalue weighted by Gasteiger charge is -2.22. The Balaban J connectivity index is 1.94. The van der Waals surface area contributed by atoms with Crippen molar-refractivity contribution in [2.75, 3.05) is 13.2 Å². The molecule has 94 valence electrons. The van der Waals surface area contributed by atoms with E-state index in [9.17, 15) is 4.79 Å². The first-order chi connectivity index (χ1) is 8.16.